The fourth-order valence-electron chi connectivity index (χ4n) is 2.47. The summed E-state index contributed by atoms with van der Waals surface area (Å²) in [5.74, 6) is 0. The Bertz CT molecular complexity index is 315. The Kier molecular flexibility index (Phi) is 10.1. The molecule has 1 N–H and O–H groups in total. The van der Waals surface area contributed by atoms with Crippen LogP contribution in [0.5, 0.6) is 0 Å². The molecule has 0 aromatic heterocycles. The van der Waals surface area contributed by atoms with E-state index in [1.54, 1.807) is 0 Å². The van der Waals surface area contributed by atoms with Gasteiger partial charge in [-0.05, 0) is 31.0 Å². The molecule has 0 amide bonds. The molecule has 1 heteroatoms. The van der Waals surface area contributed by atoms with Gasteiger partial charge in [0, 0.05) is 12.2 Å². The Hall–Kier alpha value is -0.980. The van der Waals surface area contributed by atoms with Crippen LogP contribution < -0.4 is 5.32 Å². The summed E-state index contributed by atoms with van der Waals surface area (Å²) in [6.07, 6.45) is 14.0. The van der Waals surface area contributed by atoms with Crippen LogP contribution in [0.3, 0.4) is 0 Å². The van der Waals surface area contributed by atoms with Crippen molar-refractivity contribution in [3.63, 3.8) is 0 Å². The summed E-state index contributed by atoms with van der Waals surface area (Å²) in [7, 11) is 0. The van der Waals surface area contributed by atoms with Crippen LogP contribution in [0.1, 0.15) is 76.7 Å². The van der Waals surface area contributed by atoms with Crippen LogP contribution in [0.4, 0.5) is 5.69 Å². The number of anilines is 1. The predicted molar refractivity (Wildman–Crippen MR) is 91.2 cm³/mol. The second-order valence-corrected chi connectivity index (χ2v) is 5.81. The molecule has 0 atom stereocenters. The van der Waals surface area contributed by atoms with E-state index in [0.717, 1.165) is 12.1 Å². The minimum absolute atomic E-state index is 1.08. The van der Waals surface area contributed by atoms with Crippen molar-refractivity contribution < 1.29 is 0 Å². The second kappa shape index (κ2) is 11.8. The van der Waals surface area contributed by atoms with Crippen molar-refractivity contribution in [2.45, 2.75) is 71.1 Å². The van der Waals surface area contributed by atoms with E-state index in [-0.39, 0.29) is 0 Å². The maximum atomic E-state index is 3.90. The first-order chi connectivity index (χ1) is 9.83. The molecule has 0 bridgehead atoms. The molecule has 0 aliphatic rings. The van der Waals surface area contributed by atoms with E-state index in [1.807, 2.05) is 0 Å². The third-order valence-electron chi connectivity index (χ3n) is 3.81. The zero-order chi connectivity index (χ0) is 14.5. The Balaban J connectivity index is 1.84. The van der Waals surface area contributed by atoms with Crippen LogP contribution in [0.15, 0.2) is 24.3 Å². The van der Waals surface area contributed by atoms with Gasteiger partial charge in [-0.1, -0.05) is 76.8 Å². The third-order valence-corrected chi connectivity index (χ3v) is 3.81. The van der Waals surface area contributed by atoms with Crippen molar-refractivity contribution in [1.29, 1.82) is 0 Å². The van der Waals surface area contributed by atoms with Gasteiger partial charge < -0.3 is 5.32 Å². The molecule has 0 spiro atoms. The van der Waals surface area contributed by atoms with Crippen LogP contribution in [0, 0.1) is 6.92 Å². The van der Waals surface area contributed by atoms with Gasteiger partial charge in [-0.15, -0.1) is 0 Å². The number of hydrogen-bond donors (Lipinski definition) is 1. The number of unbranched alkanes of at least 4 members (excludes halogenated alkanes) is 9. The molecule has 0 saturated carbocycles. The van der Waals surface area contributed by atoms with Crippen molar-refractivity contribution in [1.82, 2.24) is 0 Å². The lowest BCUT2D eigenvalue weighted by Crippen LogP contribution is -2.01. The monoisotopic (exact) mass is 274 g/mol. The lowest BCUT2D eigenvalue weighted by molar-refractivity contribution is 0.560. The van der Waals surface area contributed by atoms with E-state index in [4.69, 9.17) is 0 Å². The summed E-state index contributed by atoms with van der Waals surface area (Å²) in [5, 5.41) is 3.47. The van der Waals surface area contributed by atoms with Crippen LogP contribution in [0.25, 0.3) is 0 Å². The average Bonchev–Trinajstić information content (AvgIpc) is 2.47. The molecule has 0 heterocycles. The highest BCUT2D eigenvalue weighted by molar-refractivity contribution is 5.44. The number of benzene rings is 1. The van der Waals surface area contributed by atoms with Crippen LogP contribution in [-0.2, 0) is 0 Å². The van der Waals surface area contributed by atoms with Gasteiger partial charge in [0.15, 0.2) is 0 Å². The van der Waals surface area contributed by atoms with E-state index in [9.17, 15) is 0 Å². The highest BCUT2D eigenvalue weighted by atomic mass is 14.9. The standard InChI is InChI=1S/C19H32N/c1-3-4-5-6-7-8-9-10-11-12-17-20-19-15-13-18(2)14-16-19/h13-16,20H,2-12,17H2,1H3. The summed E-state index contributed by atoms with van der Waals surface area (Å²) in [4.78, 5) is 0. The van der Waals surface area contributed by atoms with E-state index < -0.39 is 0 Å². The van der Waals surface area contributed by atoms with E-state index >= 15 is 0 Å². The van der Waals surface area contributed by atoms with Gasteiger partial charge in [-0.25, -0.2) is 0 Å². The summed E-state index contributed by atoms with van der Waals surface area (Å²) < 4.78 is 0. The van der Waals surface area contributed by atoms with Crippen molar-refractivity contribution in [3.8, 4) is 0 Å². The third kappa shape index (κ3) is 9.01. The first kappa shape index (κ1) is 17.1. The van der Waals surface area contributed by atoms with Gasteiger partial charge in [-0.3, -0.25) is 0 Å². The number of hydrogen-bond acceptors (Lipinski definition) is 1. The van der Waals surface area contributed by atoms with Gasteiger partial charge in [0.25, 0.3) is 0 Å². The first-order valence-electron chi connectivity index (χ1n) is 8.49. The first-order valence-corrected chi connectivity index (χ1v) is 8.49. The normalized spacial score (nSPS) is 10.7. The van der Waals surface area contributed by atoms with Crippen LogP contribution >= 0.6 is 0 Å². The smallest absolute Gasteiger partial charge is 0.0340 e. The molecule has 0 fully saturated rings. The molecular weight excluding hydrogens is 242 g/mol. The fourth-order valence-corrected chi connectivity index (χ4v) is 2.47. The lowest BCUT2D eigenvalue weighted by Gasteiger charge is -2.06. The maximum Gasteiger partial charge on any atom is 0.0340 e. The Morgan fingerprint density at radius 1 is 0.750 bits per heavy atom. The molecular formula is C19H32N. The molecule has 1 radical (unpaired) electrons. The summed E-state index contributed by atoms with van der Waals surface area (Å²) in [6, 6.07) is 8.33. The molecule has 0 unspecified atom stereocenters. The lowest BCUT2D eigenvalue weighted by atomic mass is 10.1. The number of nitrogens with one attached hydrogen (secondary N) is 1. The molecule has 1 aromatic carbocycles. The zero-order valence-electron chi connectivity index (χ0n) is 13.3. The minimum atomic E-state index is 1.08. The topological polar surface area (TPSA) is 12.0 Å². The SMILES string of the molecule is [CH2]c1ccc(NCCCCCCCCCCCC)cc1. The van der Waals surface area contributed by atoms with Crippen LogP contribution in [0.2, 0.25) is 0 Å². The fraction of sp³-hybridized carbons (Fsp3) is 0.632. The highest BCUT2D eigenvalue weighted by Gasteiger charge is 1.94. The largest absolute Gasteiger partial charge is 0.385 e. The average molecular weight is 274 g/mol. The molecule has 1 aromatic rings. The van der Waals surface area contributed by atoms with E-state index in [0.29, 0.717) is 0 Å². The Morgan fingerprint density at radius 2 is 1.25 bits per heavy atom. The maximum absolute atomic E-state index is 3.90. The van der Waals surface area contributed by atoms with Gasteiger partial charge >= 0.3 is 0 Å². The van der Waals surface area contributed by atoms with Gasteiger partial charge in [0.1, 0.15) is 0 Å². The minimum Gasteiger partial charge on any atom is -0.385 e. The highest BCUT2D eigenvalue weighted by Crippen LogP contribution is 2.11. The molecule has 0 aliphatic heterocycles. The van der Waals surface area contributed by atoms with Crippen molar-refractivity contribution in [2.24, 2.45) is 0 Å². The second-order valence-electron chi connectivity index (χ2n) is 5.81. The molecule has 20 heavy (non-hydrogen) atoms. The zero-order valence-corrected chi connectivity index (χ0v) is 13.3. The molecule has 0 saturated heterocycles. The van der Waals surface area contributed by atoms with E-state index in [1.165, 1.54) is 69.9 Å². The molecule has 113 valence electrons. The van der Waals surface area contributed by atoms with Crippen molar-refractivity contribution >= 4 is 5.69 Å². The summed E-state index contributed by atoms with van der Waals surface area (Å²) in [6.45, 7) is 7.27. The predicted octanol–water partition coefficient (Wildman–Crippen LogP) is 6.20. The quantitative estimate of drug-likeness (QED) is 0.447. The van der Waals surface area contributed by atoms with Crippen LogP contribution in [-0.4, -0.2) is 6.54 Å². The van der Waals surface area contributed by atoms with E-state index in [2.05, 4.69) is 43.4 Å². The summed E-state index contributed by atoms with van der Waals surface area (Å²) >= 11 is 0. The Morgan fingerprint density at radius 3 is 1.80 bits per heavy atom. The molecule has 1 nitrogen and oxygen atoms in total. The van der Waals surface area contributed by atoms with Gasteiger partial charge in [0.05, 0.1) is 0 Å². The van der Waals surface area contributed by atoms with Crippen molar-refractivity contribution in [2.75, 3.05) is 11.9 Å². The molecule has 1 rings (SSSR count). The van der Waals surface area contributed by atoms with Gasteiger partial charge in [0.2, 0.25) is 0 Å². The molecule has 0 aliphatic carbocycles. The Labute approximate surface area is 126 Å². The summed E-state index contributed by atoms with van der Waals surface area (Å²) in [5.41, 5.74) is 2.29. The number of rotatable bonds is 12. The van der Waals surface area contributed by atoms with Gasteiger partial charge in [-0.2, -0.15) is 0 Å². The van der Waals surface area contributed by atoms with Crippen molar-refractivity contribution in [3.05, 3.63) is 36.8 Å².